The highest BCUT2D eigenvalue weighted by molar-refractivity contribution is 5.57. The lowest BCUT2D eigenvalue weighted by molar-refractivity contribution is 0.200. The van der Waals surface area contributed by atoms with Gasteiger partial charge in [-0.2, -0.15) is 5.10 Å². The van der Waals surface area contributed by atoms with Gasteiger partial charge in [0.05, 0.1) is 18.5 Å². The van der Waals surface area contributed by atoms with Gasteiger partial charge in [0.2, 0.25) is 0 Å². The van der Waals surface area contributed by atoms with Gasteiger partial charge in [-0.1, -0.05) is 0 Å². The lowest BCUT2D eigenvalue weighted by Gasteiger charge is -2.18. The van der Waals surface area contributed by atoms with Crippen molar-refractivity contribution in [2.75, 3.05) is 18.1 Å². The number of rotatable bonds is 4. The molecule has 0 atom stereocenters. The fraction of sp³-hybridized carbons (Fsp3) is 0.333. The average Bonchev–Trinajstić information content (AvgIpc) is 2.95. The summed E-state index contributed by atoms with van der Waals surface area (Å²) in [4.78, 5) is 13.6. The fourth-order valence-electron chi connectivity index (χ4n) is 2.65. The maximum atomic E-state index is 14.0. The Morgan fingerprint density at radius 1 is 1.41 bits per heavy atom. The highest BCUT2D eigenvalue weighted by Crippen LogP contribution is 2.35. The van der Waals surface area contributed by atoms with Crippen LogP contribution in [0.5, 0.6) is 5.75 Å². The first-order valence-corrected chi connectivity index (χ1v) is 6.95. The molecule has 3 rings (SSSR count). The molecule has 116 valence electrons. The minimum absolute atomic E-state index is 0.104. The molecule has 0 saturated heterocycles. The van der Waals surface area contributed by atoms with Gasteiger partial charge in [0, 0.05) is 29.8 Å². The van der Waals surface area contributed by atoms with E-state index in [1.165, 1.54) is 6.07 Å². The molecule has 0 saturated carbocycles. The van der Waals surface area contributed by atoms with Crippen LogP contribution < -0.4 is 15.2 Å². The van der Waals surface area contributed by atoms with Gasteiger partial charge >= 0.3 is 0 Å². The third-order valence-corrected chi connectivity index (χ3v) is 3.80. The minimum atomic E-state index is -0.302. The third-order valence-electron chi connectivity index (χ3n) is 3.80. The van der Waals surface area contributed by atoms with Gasteiger partial charge in [0.15, 0.2) is 0 Å². The number of halogens is 1. The van der Waals surface area contributed by atoms with Crippen LogP contribution in [0.15, 0.2) is 23.1 Å². The van der Waals surface area contributed by atoms with E-state index in [0.717, 1.165) is 5.56 Å². The third kappa shape index (κ3) is 2.43. The van der Waals surface area contributed by atoms with Gasteiger partial charge < -0.3 is 14.7 Å². The molecule has 6 nitrogen and oxygen atoms in total. The van der Waals surface area contributed by atoms with Gasteiger partial charge in [-0.15, -0.1) is 0 Å². The van der Waals surface area contributed by atoms with E-state index in [1.54, 1.807) is 19.2 Å². The summed E-state index contributed by atoms with van der Waals surface area (Å²) in [6.45, 7) is 2.54. The first-order valence-electron chi connectivity index (χ1n) is 6.95. The quantitative estimate of drug-likeness (QED) is 0.884. The van der Waals surface area contributed by atoms with Crippen molar-refractivity contribution in [1.82, 2.24) is 10.2 Å². The van der Waals surface area contributed by atoms with E-state index in [-0.39, 0.29) is 24.6 Å². The Kier molecular flexibility index (Phi) is 3.81. The molecule has 1 aromatic heterocycles. The summed E-state index contributed by atoms with van der Waals surface area (Å²) in [6.07, 6.45) is 1.56. The molecule has 22 heavy (non-hydrogen) atoms. The Labute approximate surface area is 126 Å². The van der Waals surface area contributed by atoms with Crippen LogP contribution in [-0.2, 0) is 13.1 Å². The van der Waals surface area contributed by atoms with E-state index < -0.39 is 0 Å². The largest absolute Gasteiger partial charge is 0.491 e. The Morgan fingerprint density at radius 3 is 2.95 bits per heavy atom. The van der Waals surface area contributed by atoms with Crippen LogP contribution >= 0.6 is 0 Å². The predicted molar refractivity (Wildman–Crippen MR) is 78.5 cm³/mol. The fourth-order valence-corrected chi connectivity index (χ4v) is 2.65. The molecule has 2 aromatic rings. The SMILES string of the molecule is Cc1c(N2Cc3c(F)ccc(OCCO)c3C2)cn[nH]c1=O. The van der Waals surface area contributed by atoms with Gasteiger partial charge in [-0.25, -0.2) is 9.49 Å². The van der Waals surface area contributed by atoms with Gasteiger partial charge in [-0.3, -0.25) is 4.79 Å². The number of aromatic amines is 1. The molecule has 0 aliphatic carbocycles. The Balaban J connectivity index is 1.96. The lowest BCUT2D eigenvalue weighted by Crippen LogP contribution is -2.21. The summed E-state index contributed by atoms with van der Waals surface area (Å²) in [6, 6.07) is 2.92. The van der Waals surface area contributed by atoms with Crippen molar-refractivity contribution in [3.63, 3.8) is 0 Å². The molecule has 1 aliphatic rings. The second-order valence-electron chi connectivity index (χ2n) is 5.14. The highest BCUT2D eigenvalue weighted by atomic mass is 19.1. The molecule has 0 amide bonds. The average molecular weight is 305 g/mol. The van der Waals surface area contributed by atoms with Crippen molar-refractivity contribution in [1.29, 1.82) is 0 Å². The summed E-state index contributed by atoms with van der Waals surface area (Å²) in [5.41, 5.74) is 2.25. The lowest BCUT2D eigenvalue weighted by atomic mass is 10.1. The molecule has 1 aliphatic heterocycles. The van der Waals surface area contributed by atoms with Crippen LogP contribution in [0.1, 0.15) is 16.7 Å². The Bertz CT molecular complexity index is 760. The molecule has 0 radical (unpaired) electrons. The van der Waals surface area contributed by atoms with Gasteiger partial charge in [0.25, 0.3) is 5.56 Å². The predicted octanol–water partition coefficient (Wildman–Crippen LogP) is 1.11. The normalized spacial score (nSPS) is 13.3. The number of nitrogens with one attached hydrogen (secondary N) is 1. The Morgan fingerprint density at radius 2 is 2.18 bits per heavy atom. The van der Waals surface area contributed by atoms with Crippen molar-refractivity contribution in [2.24, 2.45) is 0 Å². The van der Waals surface area contributed by atoms with Gasteiger partial charge in [-0.05, 0) is 19.1 Å². The number of hydrogen-bond acceptors (Lipinski definition) is 5. The monoisotopic (exact) mass is 305 g/mol. The van der Waals surface area contributed by atoms with Crippen LogP contribution in [0.2, 0.25) is 0 Å². The maximum Gasteiger partial charge on any atom is 0.269 e. The van der Waals surface area contributed by atoms with E-state index >= 15 is 0 Å². The first-order chi connectivity index (χ1) is 10.6. The summed E-state index contributed by atoms with van der Waals surface area (Å²) >= 11 is 0. The standard InChI is InChI=1S/C15H16FN3O3/c1-9-13(6-17-18-15(9)21)19-7-10-11(8-19)14(22-5-4-20)3-2-12(10)16/h2-3,6,20H,4-5,7-8H2,1H3,(H,18,21). The van der Waals surface area contributed by atoms with Crippen LogP contribution in [0.25, 0.3) is 0 Å². The van der Waals surface area contributed by atoms with Crippen molar-refractivity contribution in [3.8, 4) is 5.75 Å². The number of hydrogen-bond donors (Lipinski definition) is 2. The van der Waals surface area contributed by atoms with Crippen molar-refractivity contribution >= 4 is 5.69 Å². The van der Waals surface area contributed by atoms with Crippen molar-refractivity contribution < 1.29 is 14.2 Å². The summed E-state index contributed by atoms with van der Waals surface area (Å²) < 4.78 is 19.5. The number of benzene rings is 1. The molecule has 2 heterocycles. The highest BCUT2D eigenvalue weighted by Gasteiger charge is 2.27. The number of anilines is 1. The van der Waals surface area contributed by atoms with E-state index in [2.05, 4.69) is 10.2 Å². The molecule has 0 unspecified atom stereocenters. The van der Waals surface area contributed by atoms with Crippen LogP contribution in [0.4, 0.5) is 10.1 Å². The summed E-state index contributed by atoms with van der Waals surface area (Å²) in [5, 5.41) is 15.1. The topological polar surface area (TPSA) is 78.5 Å². The smallest absolute Gasteiger partial charge is 0.269 e. The summed E-state index contributed by atoms with van der Waals surface area (Å²) in [5.74, 6) is 0.257. The van der Waals surface area contributed by atoms with E-state index in [0.29, 0.717) is 35.7 Å². The molecule has 1 aromatic carbocycles. The van der Waals surface area contributed by atoms with Crippen LogP contribution in [-0.4, -0.2) is 28.5 Å². The molecule has 7 heteroatoms. The number of fused-ring (bicyclic) bond motifs is 1. The molecule has 2 N–H and O–H groups in total. The second kappa shape index (κ2) is 5.76. The maximum absolute atomic E-state index is 14.0. The molecular formula is C15H16FN3O3. The van der Waals surface area contributed by atoms with Gasteiger partial charge in [0.1, 0.15) is 18.2 Å². The number of ether oxygens (including phenoxy) is 1. The molecular weight excluding hydrogens is 289 g/mol. The Hall–Kier alpha value is -2.41. The van der Waals surface area contributed by atoms with Crippen LogP contribution in [0, 0.1) is 12.7 Å². The first kappa shape index (κ1) is 14.5. The molecule has 0 fully saturated rings. The molecule has 0 bridgehead atoms. The summed E-state index contributed by atoms with van der Waals surface area (Å²) in [7, 11) is 0. The zero-order valence-corrected chi connectivity index (χ0v) is 12.1. The number of aliphatic hydroxyl groups is 1. The number of aliphatic hydroxyl groups excluding tert-OH is 1. The minimum Gasteiger partial charge on any atom is -0.491 e. The number of aromatic nitrogens is 2. The number of H-pyrrole nitrogens is 1. The van der Waals surface area contributed by atoms with Crippen molar-refractivity contribution in [2.45, 2.75) is 20.0 Å². The number of nitrogens with zero attached hydrogens (tertiary/aromatic N) is 2. The second-order valence-corrected chi connectivity index (χ2v) is 5.14. The van der Waals surface area contributed by atoms with E-state index in [9.17, 15) is 9.18 Å². The van der Waals surface area contributed by atoms with E-state index in [1.807, 2.05) is 4.90 Å². The zero-order valence-electron chi connectivity index (χ0n) is 12.1. The van der Waals surface area contributed by atoms with Crippen LogP contribution in [0.3, 0.4) is 0 Å². The van der Waals surface area contributed by atoms with Crippen molar-refractivity contribution in [3.05, 3.63) is 51.2 Å². The zero-order chi connectivity index (χ0) is 15.7. The molecule has 0 spiro atoms. The van der Waals surface area contributed by atoms with E-state index in [4.69, 9.17) is 9.84 Å².